The highest BCUT2D eigenvalue weighted by atomic mass is 32.2. The number of benzene rings is 3. The van der Waals surface area contributed by atoms with Gasteiger partial charge in [0, 0.05) is 18.7 Å². The average Bonchev–Trinajstić information content (AvgIpc) is 3.54. The third kappa shape index (κ3) is 8.08. The molecule has 0 bridgehead atoms. The zero-order valence-electron chi connectivity index (χ0n) is 26.8. The van der Waals surface area contributed by atoms with E-state index in [9.17, 15) is 18.0 Å². The van der Waals surface area contributed by atoms with E-state index in [1.807, 2.05) is 32.0 Å². The van der Waals surface area contributed by atoms with Crippen LogP contribution in [-0.4, -0.2) is 65.1 Å². The Labute approximate surface area is 266 Å². The normalized spacial score (nSPS) is 14.0. The van der Waals surface area contributed by atoms with Crippen molar-refractivity contribution in [3.63, 3.8) is 0 Å². The minimum absolute atomic E-state index is 0.0610. The molecule has 242 valence electrons. The Morgan fingerprint density at radius 3 is 2.18 bits per heavy atom. The molecule has 2 amide bonds. The van der Waals surface area contributed by atoms with Crippen LogP contribution in [0.25, 0.3) is 0 Å². The molecule has 1 unspecified atom stereocenters. The number of carbonyl (C=O) groups is 2. The van der Waals surface area contributed by atoms with Crippen LogP contribution >= 0.6 is 0 Å². The first-order chi connectivity index (χ1) is 21.5. The second-order valence-corrected chi connectivity index (χ2v) is 13.3. The van der Waals surface area contributed by atoms with Crippen LogP contribution in [0.2, 0.25) is 0 Å². The molecule has 1 saturated carbocycles. The number of nitrogens with one attached hydrogen (secondary N) is 1. The molecule has 45 heavy (non-hydrogen) atoms. The van der Waals surface area contributed by atoms with Crippen LogP contribution in [0.5, 0.6) is 17.2 Å². The Morgan fingerprint density at radius 1 is 0.889 bits per heavy atom. The van der Waals surface area contributed by atoms with Gasteiger partial charge in [-0.1, -0.05) is 31.0 Å². The quantitative estimate of drug-likeness (QED) is 0.281. The molecular weight excluding hydrogens is 594 g/mol. The number of methoxy groups -OCH3 is 3. The summed E-state index contributed by atoms with van der Waals surface area (Å²) in [6, 6.07) is 16.1. The summed E-state index contributed by atoms with van der Waals surface area (Å²) in [5.41, 5.74) is 2.74. The lowest BCUT2D eigenvalue weighted by atomic mass is 10.1. The summed E-state index contributed by atoms with van der Waals surface area (Å²) in [4.78, 5) is 29.1. The minimum Gasteiger partial charge on any atom is -0.497 e. The van der Waals surface area contributed by atoms with E-state index >= 15 is 0 Å². The highest BCUT2D eigenvalue weighted by Crippen LogP contribution is 2.33. The molecule has 4 rings (SSSR count). The van der Waals surface area contributed by atoms with E-state index < -0.39 is 28.5 Å². The molecular formula is C34H43N3O7S. The van der Waals surface area contributed by atoms with Crippen molar-refractivity contribution in [1.29, 1.82) is 0 Å². The Kier molecular flexibility index (Phi) is 11.0. The van der Waals surface area contributed by atoms with Gasteiger partial charge in [-0.15, -0.1) is 0 Å². The third-order valence-electron chi connectivity index (χ3n) is 8.07. The van der Waals surface area contributed by atoms with Crippen molar-refractivity contribution < 1.29 is 32.2 Å². The number of aryl methyl sites for hydroxylation is 2. The van der Waals surface area contributed by atoms with Crippen molar-refractivity contribution in [2.75, 3.05) is 32.2 Å². The molecule has 0 aliphatic heterocycles. The van der Waals surface area contributed by atoms with Gasteiger partial charge < -0.3 is 24.4 Å². The predicted octanol–water partition coefficient (Wildman–Crippen LogP) is 5.00. The summed E-state index contributed by atoms with van der Waals surface area (Å²) in [6.45, 7) is 4.94. The lowest BCUT2D eigenvalue weighted by molar-refractivity contribution is -0.139. The Hall–Kier alpha value is -4.25. The number of rotatable bonds is 13. The van der Waals surface area contributed by atoms with Crippen LogP contribution in [0.3, 0.4) is 0 Å². The maximum absolute atomic E-state index is 14.3. The van der Waals surface area contributed by atoms with Crippen molar-refractivity contribution in [3.8, 4) is 17.2 Å². The maximum atomic E-state index is 14.3. The van der Waals surface area contributed by atoms with E-state index in [0.29, 0.717) is 17.2 Å². The summed E-state index contributed by atoms with van der Waals surface area (Å²) in [5, 5.41) is 3.09. The van der Waals surface area contributed by atoms with Crippen LogP contribution in [0, 0.1) is 13.8 Å². The predicted molar refractivity (Wildman–Crippen MR) is 173 cm³/mol. The van der Waals surface area contributed by atoms with Crippen molar-refractivity contribution in [2.45, 2.75) is 70.0 Å². The first kappa shape index (κ1) is 33.6. The second-order valence-electron chi connectivity index (χ2n) is 11.4. The number of carbonyl (C=O) groups excluding carboxylic acids is 2. The van der Waals surface area contributed by atoms with Gasteiger partial charge in [-0.3, -0.25) is 13.9 Å². The van der Waals surface area contributed by atoms with Gasteiger partial charge in [-0.2, -0.15) is 0 Å². The van der Waals surface area contributed by atoms with Gasteiger partial charge in [0.2, 0.25) is 11.8 Å². The molecule has 10 nitrogen and oxygen atoms in total. The molecule has 0 spiro atoms. The fourth-order valence-electron chi connectivity index (χ4n) is 5.67. The zero-order chi connectivity index (χ0) is 32.7. The van der Waals surface area contributed by atoms with E-state index in [2.05, 4.69) is 5.32 Å². The van der Waals surface area contributed by atoms with Gasteiger partial charge in [0.15, 0.2) is 11.5 Å². The summed E-state index contributed by atoms with van der Waals surface area (Å²) in [7, 11) is 0.154. The molecule has 0 aromatic heterocycles. The number of sulfonamides is 1. The van der Waals surface area contributed by atoms with Gasteiger partial charge in [0.25, 0.3) is 10.0 Å². The highest BCUT2D eigenvalue weighted by Gasteiger charge is 2.34. The summed E-state index contributed by atoms with van der Waals surface area (Å²) in [6.07, 6.45) is 3.88. The summed E-state index contributed by atoms with van der Waals surface area (Å²) < 4.78 is 45.8. The number of ether oxygens (including phenoxy) is 3. The number of hydrogen-bond donors (Lipinski definition) is 1. The SMILES string of the molecule is COc1cccc(CN(C(=O)CN(c2cc(C)cc(C)c2)S(=O)(=O)c2ccc(OC)c(OC)c2)C(C)C(=O)NC2CCCC2)c1. The van der Waals surface area contributed by atoms with Gasteiger partial charge in [0.1, 0.15) is 18.3 Å². The van der Waals surface area contributed by atoms with Crippen molar-refractivity contribution in [1.82, 2.24) is 10.2 Å². The molecule has 3 aromatic rings. The minimum atomic E-state index is -4.29. The summed E-state index contributed by atoms with van der Waals surface area (Å²) >= 11 is 0. The molecule has 11 heteroatoms. The second kappa shape index (κ2) is 14.7. The monoisotopic (exact) mass is 637 g/mol. The Morgan fingerprint density at radius 2 is 1.56 bits per heavy atom. The number of nitrogens with zero attached hydrogens (tertiary/aromatic N) is 2. The topological polar surface area (TPSA) is 114 Å². The van der Waals surface area contributed by atoms with E-state index in [0.717, 1.165) is 46.7 Å². The van der Waals surface area contributed by atoms with Crippen LogP contribution in [-0.2, 0) is 26.2 Å². The Bertz CT molecular complexity index is 1600. The average molecular weight is 638 g/mol. The summed E-state index contributed by atoms with van der Waals surface area (Å²) in [5.74, 6) is 0.406. The first-order valence-corrected chi connectivity index (χ1v) is 16.5. The molecule has 1 aliphatic rings. The van der Waals surface area contributed by atoms with Crippen LogP contribution < -0.4 is 23.8 Å². The first-order valence-electron chi connectivity index (χ1n) is 15.0. The largest absolute Gasteiger partial charge is 0.497 e. The highest BCUT2D eigenvalue weighted by molar-refractivity contribution is 7.92. The lowest BCUT2D eigenvalue weighted by Crippen LogP contribution is -2.52. The molecule has 1 aliphatic carbocycles. The van der Waals surface area contributed by atoms with Crippen molar-refractivity contribution in [3.05, 3.63) is 77.4 Å². The van der Waals surface area contributed by atoms with Gasteiger partial charge >= 0.3 is 0 Å². The molecule has 0 heterocycles. The van der Waals surface area contributed by atoms with E-state index in [1.165, 1.54) is 37.3 Å². The van der Waals surface area contributed by atoms with Gasteiger partial charge in [-0.05, 0) is 86.7 Å². The fraction of sp³-hybridized carbons (Fsp3) is 0.412. The smallest absolute Gasteiger partial charge is 0.264 e. The molecule has 0 saturated heterocycles. The fourth-order valence-corrected chi connectivity index (χ4v) is 7.08. The molecule has 1 fully saturated rings. The number of hydrogen-bond acceptors (Lipinski definition) is 7. The van der Waals surface area contributed by atoms with Gasteiger partial charge in [-0.25, -0.2) is 8.42 Å². The van der Waals surface area contributed by atoms with Crippen LogP contribution in [0.1, 0.15) is 49.3 Å². The van der Waals surface area contributed by atoms with E-state index in [1.54, 1.807) is 38.3 Å². The van der Waals surface area contributed by atoms with E-state index in [-0.39, 0.29) is 29.1 Å². The van der Waals surface area contributed by atoms with Crippen LogP contribution in [0.4, 0.5) is 5.69 Å². The van der Waals surface area contributed by atoms with Crippen LogP contribution in [0.15, 0.2) is 65.6 Å². The van der Waals surface area contributed by atoms with Crippen molar-refractivity contribution >= 4 is 27.5 Å². The molecule has 1 N–H and O–H groups in total. The molecule has 0 radical (unpaired) electrons. The van der Waals surface area contributed by atoms with E-state index in [4.69, 9.17) is 14.2 Å². The Balaban J connectivity index is 1.75. The zero-order valence-corrected chi connectivity index (χ0v) is 27.6. The van der Waals surface area contributed by atoms with Crippen molar-refractivity contribution in [2.24, 2.45) is 0 Å². The number of anilines is 1. The number of amides is 2. The maximum Gasteiger partial charge on any atom is 0.264 e. The third-order valence-corrected chi connectivity index (χ3v) is 9.84. The lowest BCUT2D eigenvalue weighted by Gasteiger charge is -2.32. The molecule has 1 atom stereocenters. The molecule has 3 aromatic carbocycles. The standard InChI is InChI=1S/C34H43N3O7S/c1-23-16-24(2)18-28(17-23)37(45(40,41)30-14-15-31(43-5)32(20-30)44-6)22-33(38)36(21-26-10-9-13-29(19-26)42-4)25(3)34(39)35-27-11-7-8-12-27/h9-10,13-20,25,27H,7-8,11-12,21-22H2,1-6H3,(H,35,39). The van der Waals surface area contributed by atoms with Gasteiger partial charge in [0.05, 0.1) is 31.9 Å².